The van der Waals surface area contributed by atoms with Gasteiger partial charge in [0.1, 0.15) is 18.7 Å². The first-order valence-electron chi connectivity index (χ1n) is 14.4. The summed E-state index contributed by atoms with van der Waals surface area (Å²) in [7, 11) is 1.41. The van der Waals surface area contributed by atoms with Gasteiger partial charge in [-0.3, -0.25) is 14.6 Å². The van der Waals surface area contributed by atoms with Gasteiger partial charge in [-0.15, -0.1) is 11.3 Å². The highest BCUT2D eigenvalue weighted by atomic mass is 32.1. The number of fused-ring (bicyclic) bond motifs is 2. The number of amides is 2. The first-order valence-corrected chi connectivity index (χ1v) is 18.2. The monoisotopic (exact) mass is 638 g/mol. The molecule has 0 atom stereocenters. The number of allylic oxidation sites excluding steroid dienone is 5. The van der Waals surface area contributed by atoms with Crippen molar-refractivity contribution in [2.75, 3.05) is 32.5 Å². The highest BCUT2D eigenvalue weighted by Crippen LogP contribution is 2.44. The molecule has 0 bridgehead atoms. The summed E-state index contributed by atoms with van der Waals surface area (Å²) in [6, 6.07) is 14.3. The van der Waals surface area contributed by atoms with Gasteiger partial charge in [0.2, 0.25) is 5.91 Å². The van der Waals surface area contributed by atoms with E-state index in [-0.39, 0.29) is 34.5 Å². The number of aliphatic imine (C=N–C) groups is 1. The summed E-state index contributed by atoms with van der Waals surface area (Å²) in [6.07, 6.45) is 9.04. The molecular weight excluding hydrogens is 605 g/mol. The largest absolute Gasteiger partial charge is 0.508 e. The standard InChI is InChI=1S/C34H34N4O5SSi/c1-35-21-8-12-24-28(17-21)45(3,4)29-18-22(36-2)9-13-25(29)31(24)26-19-27(44-32(26)34(42)43)33(41)38-16-15-37-30(40)14-7-20-5-10-23(39)11-6-20/h5-14,17-19,35,39H,15-16H2,1-4H3,(H,37,40)(H,38,41)(H,42,43). The van der Waals surface area contributed by atoms with Crippen LogP contribution in [0.1, 0.15) is 36.0 Å². The zero-order valence-corrected chi connectivity index (χ0v) is 27.2. The van der Waals surface area contributed by atoms with Crippen LogP contribution in [0.4, 0.5) is 5.69 Å². The molecule has 3 aromatic rings. The molecule has 1 aromatic heterocycles. The van der Waals surface area contributed by atoms with Gasteiger partial charge in [-0.05, 0) is 81.2 Å². The van der Waals surface area contributed by atoms with Crippen LogP contribution in [0.3, 0.4) is 0 Å². The molecule has 0 saturated carbocycles. The zero-order valence-electron chi connectivity index (χ0n) is 25.4. The molecule has 2 amide bonds. The summed E-state index contributed by atoms with van der Waals surface area (Å²) < 4.78 is 0. The quantitative estimate of drug-likeness (QED) is 0.132. The molecule has 0 spiro atoms. The van der Waals surface area contributed by atoms with Crippen LogP contribution in [0.25, 0.3) is 11.6 Å². The van der Waals surface area contributed by atoms with E-state index in [0.29, 0.717) is 5.56 Å². The molecule has 2 heterocycles. The molecule has 1 aliphatic carbocycles. The van der Waals surface area contributed by atoms with Crippen LogP contribution < -0.4 is 21.1 Å². The van der Waals surface area contributed by atoms with E-state index in [1.54, 1.807) is 31.3 Å². The fraction of sp³-hybridized carbons (Fsp3) is 0.176. The summed E-state index contributed by atoms with van der Waals surface area (Å²) >= 11 is 0.937. The van der Waals surface area contributed by atoms with Crippen LogP contribution in [-0.4, -0.2) is 69.0 Å². The van der Waals surface area contributed by atoms with Crippen LogP contribution in [0.2, 0.25) is 13.1 Å². The number of anilines is 1. The second-order valence-electron chi connectivity index (χ2n) is 11.1. The number of nitrogens with zero attached hydrogens (tertiary/aromatic N) is 1. The Morgan fingerprint density at radius 3 is 2.40 bits per heavy atom. The van der Waals surface area contributed by atoms with Crippen LogP contribution in [0.15, 0.2) is 88.6 Å². The Kier molecular flexibility index (Phi) is 9.03. The number of aromatic hydroxyl groups is 1. The van der Waals surface area contributed by atoms with Gasteiger partial charge in [-0.25, -0.2) is 4.79 Å². The first kappa shape index (κ1) is 31.4. The topological polar surface area (TPSA) is 140 Å². The van der Waals surface area contributed by atoms with E-state index in [1.807, 2.05) is 31.3 Å². The highest BCUT2D eigenvalue weighted by molar-refractivity contribution is 7.16. The zero-order chi connectivity index (χ0) is 32.3. The summed E-state index contributed by atoms with van der Waals surface area (Å²) in [5.41, 5.74) is 5.80. The number of hydrogen-bond acceptors (Lipinski definition) is 7. The van der Waals surface area contributed by atoms with E-state index in [0.717, 1.165) is 50.2 Å². The SMILES string of the molecule is CN=C1C=CC2=C(c3cc(C(=O)NCCNC(=O)C=Cc4ccc(O)cc4)sc3C(=O)O)c3ccc(NC)cc3[Si](C)(C)C2=C1. The number of carbonyl (C=O) groups is 3. The number of thiophene rings is 1. The van der Waals surface area contributed by atoms with E-state index in [1.165, 1.54) is 23.4 Å². The van der Waals surface area contributed by atoms with E-state index in [9.17, 15) is 24.6 Å². The fourth-order valence-electron chi connectivity index (χ4n) is 5.53. The minimum Gasteiger partial charge on any atom is -0.508 e. The van der Waals surface area contributed by atoms with Crippen LogP contribution in [0, 0.1) is 0 Å². The Balaban J connectivity index is 1.40. The molecule has 0 saturated heterocycles. The van der Waals surface area contributed by atoms with Crippen molar-refractivity contribution in [3.05, 3.63) is 110 Å². The minimum atomic E-state index is -2.21. The maximum absolute atomic E-state index is 13.2. The van der Waals surface area contributed by atoms with E-state index in [2.05, 4.69) is 46.2 Å². The Morgan fingerprint density at radius 2 is 1.71 bits per heavy atom. The van der Waals surface area contributed by atoms with Gasteiger partial charge in [0.05, 0.1) is 10.6 Å². The van der Waals surface area contributed by atoms with Crippen molar-refractivity contribution in [2.24, 2.45) is 4.99 Å². The lowest BCUT2D eigenvalue weighted by molar-refractivity contribution is -0.116. The van der Waals surface area contributed by atoms with Crippen molar-refractivity contribution < 1.29 is 24.6 Å². The van der Waals surface area contributed by atoms with E-state index >= 15 is 0 Å². The first-order chi connectivity index (χ1) is 21.5. The fourth-order valence-corrected chi connectivity index (χ4v) is 9.53. The van der Waals surface area contributed by atoms with Gasteiger partial charge < -0.3 is 26.2 Å². The normalized spacial score (nSPS) is 15.8. The van der Waals surface area contributed by atoms with E-state index in [4.69, 9.17) is 0 Å². The van der Waals surface area contributed by atoms with Gasteiger partial charge in [0.15, 0.2) is 0 Å². The molecule has 5 rings (SSSR count). The number of hydrogen-bond donors (Lipinski definition) is 5. The lowest BCUT2D eigenvalue weighted by Gasteiger charge is -2.38. The van der Waals surface area contributed by atoms with Crippen molar-refractivity contribution in [2.45, 2.75) is 13.1 Å². The molecule has 0 unspecified atom stereocenters. The lowest BCUT2D eigenvalue weighted by atomic mass is 9.89. The van der Waals surface area contributed by atoms with Crippen molar-refractivity contribution in [3.63, 3.8) is 0 Å². The third kappa shape index (κ3) is 6.45. The van der Waals surface area contributed by atoms with Gasteiger partial charge in [0.25, 0.3) is 5.91 Å². The molecule has 0 radical (unpaired) electrons. The van der Waals surface area contributed by atoms with Crippen LogP contribution >= 0.6 is 11.3 Å². The molecule has 5 N–H and O–H groups in total. The number of carboxylic acid groups (broad SMARTS) is 1. The van der Waals surface area contributed by atoms with Gasteiger partial charge in [0, 0.05) is 44.5 Å². The average Bonchev–Trinajstić information content (AvgIpc) is 3.48. The van der Waals surface area contributed by atoms with Crippen molar-refractivity contribution in [3.8, 4) is 5.75 Å². The number of phenolic OH excluding ortho intramolecular Hbond substituents is 1. The van der Waals surface area contributed by atoms with Crippen molar-refractivity contribution >= 4 is 65.4 Å². The maximum atomic E-state index is 13.2. The predicted molar refractivity (Wildman–Crippen MR) is 183 cm³/mol. The Morgan fingerprint density at radius 1 is 0.978 bits per heavy atom. The second kappa shape index (κ2) is 12.9. The highest BCUT2D eigenvalue weighted by Gasteiger charge is 2.40. The molecule has 11 heteroatoms. The van der Waals surface area contributed by atoms with Gasteiger partial charge in [-0.2, -0.15) is 0 Å². The van der Waals surface area contributed by atoms with Crippen LogP contribution in [-0.2, 0) is 4.79 Å². The molecule has 230 valence electrons. The number of rotatable bonds is 9. The van der Waals surface area contributed by atoms with Crippen molar-refractivity contribution in [1.82, 2.24) is 10.6 Å². The number of benzene rings is 2. The smallest absolute Gasteiger partial charge is 0.346 e. The third-order valence-corrected chi connectivity index (χ3v) is 12.5. The van der Waals surface area contributed by atoms with Gasteiger partial charge >= 0.3 is 5.97 Å². The number of aromatic carboxylic acids is 1. The molecule has 2 aromatic carbocycles. The lowest BCUT2D eigenvalue weighted by Crippen LogP contribution is -2.49. The second-order valence-corrected chi connectivity index (χ2v) is 16.5. The predicted octanol–water partition coefficient (Wildman–Crippen LogP) is 4.59. The van der Waals surface area contributed by atoms with Gasteiger partial charge in [-0.1, -0.05) is 37.4 Å². The molecule has 2 aliphatic rings. The summed E-state index contributed by atoms with van der Waals surface area (Å²) in [6.45, 7) is 4.91. The Labute approximate surface area is 266 Å². The average molecular weight is 639 g/mol. The third-order valence-electron chi connectivity index (χ3n) is 7.90. The molecule has 9 nitrogen and oxygen atoms in total. The number of carbonyl (C=O) groups excluding carboxylic acids is 2. The molecule has 45 heavy (non-hydrogen) atoms. The van der Waals surface area contributed by atoms with Crippen molar-refractivity contribution in [1.29, 1.82) is 0 Å². The maximum Gasteiger partial charge on any atom is 0.346 e. The Bertz CT molecular complexity index is 1850. The summed E-state index contributed by atoms with van der Waals surface area (Å²) in [5.74, 6) is -1.71. The Hall–Kier alpha value is -5.00. The summed E-state index contributed by atoms with van der Waals surface area (Å²) in [5, 5.41) is 30.7. The van der Waals surface area contributed by atoms with E-state index < -0.39 is 20.0 Å². The summed E-state index contributed by atoms with van der Waals surface area (Å²) in [4.78, 5) is 42.7. The van der Waals surface area contributed by atoms with Crippen LogP contribution in [0.5, 0.6) is 5.75 Å². The minimum absolute atomic E-state index is 0.0862. The number of carboxylic acids is 1. The number of phenols is 1. The molecule has 1 aliphatic heterocycles. The number of nitrogens with one attached hydrogen (secondary N) is 3. The molecule has 0 fully saturated rings. The molecular formula is C34H34N4O5SSi.